The normalized spacial score (nSPS) is 44.9. The van der Waals surface area contributed by atoms with E-state index in [0.717, 1.165) is 0 Å². The molecule has 0 unspecified atom stereocenters. The maximum absolute atomic E-state index is 11.3. The Morgan fingerprint density at radius 3 is 2.55 bits per heavy atom. The van der Waals surface area contributed by atoms with E-state index in [1.165, 1.54) is 0 Å². The summed E-state index contributed by atoms with van der Waals surface area (Å²) in [4.78, 5) is 0. The third kappa shape index (κ3) is 3.02. The maximum atomic E-state index is 11.3. The molecule has 0 amide bonds. The van der Waals surface area contributed by atoms with Gasteiger partial charge in [0.25, 0.3) is 0 Å². The zero-order valence-electron chi connectivity index (χ0n) is 14.7. The molecule has 4 atom stereocenters. The van der Waals surface area contributed by atoms with Crippen molar-refractivity contribution in [2.45, 2.75) is 63.4 Å². The maximum Gasteiger partial charge on any atom is 0.333 e. The molecule has 0 radical (unpaired) electrons. The minimum absolute atomic E-state index is 0.0997. The van der Waals surface area contributed by atoms with Crippen LogP contribution in [0.25, 0.3) is 0 Å². The van der Waals surface area contributed by atoms with Crippen LogP contribution < -0.4 is 5.14 Å². The van der Waals surface area contributed by atoms with Crippen LogP contribution in [0.1, 0.15) is 30.4 Å². The molecule has 0 saturated carbocycles. The molecule has 0 aromatic rings. The fourth-order valence-corrected chi connectivity index (χ4v) is 3.14. The van der Waals surface area contributed by atoms with Gasteiger partial charge in [-0.1, -0.05) is 0 Å². The van der Waals surface area contributed by atoms with Gasteiger partial charge in [0.2, 0.25) is 5.79 Å². The van der Waals surface area contributed by atoms with Crippen molar-refractivity contribution >= 4 is 10.3 Å². The Kier molecular flexibility index (Phi) is 3.09. The van der Waals surface area contributed by atoms with Gasteiger partial charge in [0.1, 0.15) is 24.9 Å². The molecule has 3 saturated heterocycles. The van der Waals surface area contributed by atoms with Crippen molar-refractivity contribution in [3.63, 3.8) is 0 Å². The van der Waals surface area contributed by atoms with E-state index in [0.29, 0.717) is 0 Å². The van der Waals surface area contributed by atoms with E-state index in [1.54, 1.807) is 27.7 Å². The summed E-state index contributed by atoms with van der Waals surface area (Å²) >= 11 is 0. The van der Waals surface area contributed by atoms with Gasteiger partial charge < -0.3 is 23.7 Å². The lowest BCUT2D eigenvalue weighted by atomic mass is 9.98. The van der Waals surface area contributed by atoms with E-state index in [9.17, 15) is 8.42 Å². The lowest BCUT2D eigenvalue weighted by molar-refractivity contribution is -0.290. The van der Waals surface area contributed by atoms with Crippen LogP contribution in [0.4, 0.5) is 0 Å². The highest BCUT2D eigenvalue weighted by Gasteiger charge is 2.65. The van der Waals surface area contributed by atoms with Crippen LogP contribution in [-0.4, -0.2) is 57.3 Å². The first-order valence-corrected chi connectivity index (χ1v) is 8.25. The molecule has 0 aromatic carbocycles. The highest BCUT2D eigenvalue weighted by Crippen LogP contribution is 2.47. The van der Waals surface area contributed by atoms with E-state index in [1.807, 2.05) is 0 Å². The molecule has 0 bridgehead atoms. The summed E-state index contributed by atoms with van der Waals surface area (Å²) < 4.78 is 71.6. The Bertz CT molecular complexity index is 639. The average molecular weight is 341 g/mol. The topological polar surface area (TPSA) is 116 Å². The first-order valence-electron chi connectivity index (χ1n) is 7.77. The summed E-state index contributed by atoms with van der Waals surface area (Å²) in [7, 11) is -4.62. The number of hydrogen-bond acceptors (Lipinski definition) is 8. The number of rotatable bonds is 3. The predicted octanol–water partition coefficient (Wildman–Crippen LogP) is -0.395. The van der Waals surface area contributed by atoms with Crippen LogP contribution in [0.5, 0.6) is 0 Å². The van der Waals surface area contributed by atoms with Crippen molar-refractivity contribution in [1.82, 2.24) is 0 Å². The van der Waals surface area contributed by atoms with E-state index < -0.39 is 52.5 Å². The fourth-order valence-electron chi connectivity index (χ4n) is 2.90. The second-order valence-corrected chi connectivity index (χ2v) is 7.49. The molecule has 3 rings (SSSR count). The molecule has 128 valence electrons. The monoisotopic (exact) mass is 341 g/mol. The average Bonchev–Trinajstić information content (AvgIpc) is 2.78. The van der Waals surface area contributed by atoms with Crippen LogP contribution in [0.2, 0.25) is 0 Å². The molecule has 9 nitrogen and oxygen atoms in total. The molecule has 0 aliphatic carbocycles. The van der Waals surface area contributed by atoms with Crippen LogP contribution in [0.15, 0.2) is 0 Å². The third-order valence-electron chi connectivity index (χ3n) is 3.46. The predicted molar refractivity (Wildman–Crippen MR) is 71.6 cm³/mol. The standard InChI is InChI=1S/C12H21NO8S/c1-10(2)18-7-5-16-12(6-17-22(13,14)15)9(8(7)19-10)20-11(3,4)21-12/h7-9H,5-6H2,1-4H3,(H2,13,14,15)/t7-,8-,9+,12+/m1/s1/i6D2. The van der Waals surface area contributed by atoms with Crippen molar-refractivity contribution in [1.29, 1.82) is 0 Å². The molecule has 0 spiro atoms. The van der Waals surface area contributed by atoms with Gasteiger partial charge in [0, 0.05) is 0 Å². The Balaban J connectivity index is 2.01. The highest BCUT2D eigenvalue weighted by atomic mass is 32.2. The smallest absolute Gasteiger partial charge is 0.333 e. The minimum Gasteiger partial charge on any atom is -0.343 e. The molecular formula is C12H21NO8S. The fraction of sp³-hybridized carbons (Fsp3) is 1.00. The second-order valence-electron chi connectivity index (χ2n) is 6.34. The Morgan fingerprint density at radius 1 is 1.23 bits per heavy atom. The summed E-state index contributed by atoms with van der Waals surface area (Å²) in [6, 6.07) is 0. The Hall–Kier alpha value is -0.330. The molecule has 10 heteroatoms. The molecule has 3 aliphatic rings. The molecule has 3 fully saturated rings. The van der Waals surface area contributed by atoms with Gasteiger partial charge in [-0.3, -0.25) is 4.18 Å². The van der Waals surface area contributed by atoms with Gasteiger partial charge in [-0.05, 0) is 27.7 Å². The minimum atomic E-state index is -4.62. The van der Waals surface area contributed by atoms with Crippen molar-refractivity contribution in [2.75, 3.05) is 13.2 Å². The van der Waals surface area contributed by atoms with Gasteiger partial charge in [0.15, 0.2) is 11.6 Å². The van der Waals surface area contributed by atoms with Crippen molar-refractivity contribution < 1.29 is 39.0 Å². The van der Waals surface area contributed by atoms with E-state index >= 15 is 0 Å². The molecular weight excluding hydrogens is 318 g/mol. The zero-order valence-corrected chi connectivity index (χ0v) is 13.5. The summed E-state index contributed by atoms with van der Waals surface area (Å²) in [5, 5.41) is 4.83. The molecule has 0 aromatic heterocycles. The van der Waals surface area contributed by atoms with Crippen LogP contribution in [-0.2, 0) is 38.2 Å². The summed E-state index contributed by atoms with van der Waals surface area (Å²) in [6.07, 6.45) is -2.40. The number of hydrogen-bond donors (Lipinski definition) is 1. The van der Waals surface area contributed by atoms with Gasteiger partial charge in [0.05, 0.1) is 9.35 Å². The van der Waals surface area contributed by atoms with Crippen molar-refractivity contribution in [2.24, 2.45) is 5.14 Å². The van der Waals surface area contributed by atoms with Crippen molar-refractivity contribution in [3.8, 4) is 0 Å². The zero-order chi connectivity index (χ0) is 18.2. The van der Waals surface area contributed by atoms with Crippen LogP contribution in [0, 0.1) is 0 Å². The lowest BCUT2D eigenvalue weighted by Gasteiger charge is -2.40. The van der Waals surface area contributed by atoms with Gasteiger partial charge in [-0.15, -0.1) is 0 Å². The second kappa shape index (κ2) is 4.84. The lowest BCUT2D eigenvalue weighted by Crippen LogP contribution is -2.60. The number of nitrogens with two attached hydrogens (primary N) is 1. The first-order chi connectivity index (χ1) is 10.7. The van der Waals surface area contributed by atoms with E-state index in [-0.39, 0.29) is 6.61 Å². The highest BCUT2D eigenvalue weighted by molar-refractivity contribution is 7.84. The largest absolute Gasteiger partial charge is 0.343 e. The van der Waals surface area contributed by atoms with Crippen LogP contribution in [0.3, 0.4) is 0 Å². The SMILES string of the molecule is [2H]C([2H])(OS(N)(=O)=O)[C@@]12OC[C@H]3OC(C)(C)O[C@H]3[C@@H]1OC(C)(C)O2. The van der Waals surface area contributed by atoms with E-state index in [2.05, 4.69) is 4.18 Å². The first kappa shape index (κ1) is 14.1. The number of ether oxygens (including phenoxy) is 5. The number of fused-ring (bicyclic) bond motifs is 3. The molecule has 22 heavy (non-hydrogen) atoms. The molecule has 3 heterocycles. The van der Waals surface area contributed by atoms with Gasteiger partial charge in [-0.2, -0.15) is 8.42 Å². The van der Waals surface area contributed by atoms with E-state index in [4.69, 9.17) is 31.6 Å². The quantitative estimate of drug-likeness (QED) is 0.737. The summed E-state index contributed by atoms with van der Waals surface area (Å²) in [5.74, 6) is -4.39. The summed E-state index contributed by atoms with van der Waals surface area (Å²) in [6.45, 7) is 3.42. The molecule has 3 aliphatic heterocycles. The third-order valence-corrected chi connectivity index (χ3v) is 3.78. The van der Waals surface area contributed by atoms with Crippen molar-refractivity contribution in [3.05, 3.63) is 0 Å². The van der Waals surface area contributed by atoms with Gasteiger partial charge in [-0.25, -0.2) is 5.14 Å². The van der Waals surface area contributed by atoms with Crippen LogP contribution >= 0.6 is 0 Å². The summed E-state index contributed by atoms with van der Waals surface area (Å²) in [5.41, 5.74) is 0. The molecule has 2 N–H and O–H groups in total. The Labute approximate surface area is 132 Å². The Morgan fingerprint density at radius 2 is 1.91 bits per heavy atom. The van der Waals surface area contributed by atoms with Gasteiger partial charge >= 0.3 is 10.3 Å².